The van der Waals surface area contributed by atoms with Crippen LogP contribution in [0.4, 0.5) is 0 Å². The summed E-state index contributed by atoms with van der Waals surface area (Å²) in [4.78, 5) is 0. The fourth-order valence-corrected chi connectivity index (χ4v) is 3.67. The Morgan fingerprint density at radius 1 is 1.26 bits per heavy atom. The average molecular weight is 259 g/mol. The molecule has 0 radical (unpaired) electrons. The van der Waals surface area contributed by atoms with Crippen LogP contribution in [0.1, 0.15) is 55.7 Å². The molecule has 1 N–H and O–H groups in total. The van der Waals surface area contributed by atoms with Crippen LogP contribution in [0, 0.1) is 5.92 Å². The Balaban J connectivity index is 1.76. The molecule has 104 valence electrons. The Morgan fingerprint density at radius 3 is 2.89 bits per heavy atom. The van der Waals surface area contributed by atoms with E-state index >= 15 is 0 Å². The Kier molecular flexibility index (Phi) is 4.07. The molecule has 1 heterocycles. The zero-order valence-corrected chi connectivity index (χ0v) is 12.0. The molecule has 0 bridgehead atoms. The number of hydrogen-bond donors (Lipinski definition) is 1. The van der Waals surface area contributed by atoms with Crippen LogP contribution in [0.25, 0.3) is 0 Å². The van der Waals surface area contributed by atoms with Gasteiger partial charge in [-0.15, -0.1) is 0 Å². The largest absolute Gasteiger partial charge is 0.493 e. The lowest BCUT2D eigenvalue weighted by molar-refractivity contribution is 0.298. The fraction of sp³-hybridized carbons (Fsp3) is 0.647. The second-order valence-corrected chi connectivity index (χ2v) is 6.01. The molecule has 3 rings (SSSR count). The quantitative estimate of drug-likeness (QED) is 0.886. The minimum Gasteiger partial charge on any atom is -0.493 e. The van der Waals surface area contributed by atoms with Crippen molar-refractivity contribution in [2.24, 2.45) is 5.92 Å². The number of benzene rings is 1. The number of ether oxygens (including phenoxy) is 1. The van der Waals surface area contributed by atoms with E-state index in [1.807, 2.05) is 0 Å². The van der Waals surface area contributed by atoms with Crippen LogP contribution in [0.3, 0.4) is 0 Å². The summed E-state index contributed by atoms with van der Waals surface area (Å²) in [5, 5.41) is 3.52. The first-order valence-electron chi connectivity index (χ1n) is 7.80. The van der Waals surface area contributed by atoms with Crippen LogP contribution >= 0.6 is 0 Å². The van der Waals surface area contributed by atoms with Crippen molar-refractivity contribution < 1.29 is 4.74 Å². The number of nitrogens with one attached hydrogen (secondary N) is 1. The van der Waals surface area contributed by atoms with Crippen molar-refractivity contribution in [2.45, 2.75) is 51.0 Å². The van der Waals surface area contributed by atoms with Crippen LogP contribution in [0.15, 0.2) is 18.2 Å². The van der Waals surface area contributed by atoms with Gasteiger partial charge >= 0.3 is 0 Å². The van der Waals surface area contributed by atoms with E-state index in [9.17, 15) is 0 Å². The standard InChI is InChI=1S/C17H25NO/c1-18-16(12-13-6-3-2-4-7-13)15-9-5-8-14-10-11-19-17(14)15/h5,8-9,13,16,18H,2-4,6-7,10-12H2,1H3. The zero-order chi connectivity index (χ0) is 13.1. The van der Waals surface area contributed by atoms with Gasteiger partial charge in [0, 0.05) is 18.0 Å². The van der Waals surface area contributed by atoms with E-state index in [1.54, 1.807) is 0 Å². The van der Waals surface area contributed by atoms with Crippen molar-refractivity contribution in [3.05, 3.63) is 29.3 Å². The molecule has 0 amide bonds. The molecule has 0 saturated heterocycles. The highest BCUT2D eigenvalue weighted by atomic mass is 16.5. The van der Waals surface area contributed by atoms with Crippen molar-refractivity contribution in [3.8, 4) is 5.75 Å². The first kappa shape index (κ1) is 13.0. The Hall–Kier alpha value is -1.02. The van der Waals surface area contributed by atoms with Gasteiger partial charge in [0.2, 0.25) is 0 Å². The molecule has 1 unspecified atom stereocenters. The Bertz CT molecular complexity index is 423. The first-order valence-corrected chi connectivity index (χ1v) is 7.80. The van der Waals surface area contributed by atoms with E-state index in [4.69, 9.17) is 4.74 Å². The summed E-state index contributed by atoms with van der Waals surface area (Å²) in [6.45, 7) is 0.853. The van der Waals surface area contributed by atoms with Gasteiger partial charge in [-0.1, -0.05) is 50.3 Å². The molecular weight excluding hydrogens is 234 g/mol. The van der Waals surface area contributed by atoms with Gasteiger partial charge in [0.25, 0.3) is 0 Å². The predicted molar refractivity (Wildman–Crippen MR) is 78.6 cm³/mol. The molecule has 2 nitrogen and oxygen atoms in total. The van der Waals surface area contributed by atoms with Crippen molar-refractivity contribution in [1.82, 2.24) is 5.32 Å². The Labute approximate surface area is 116 Å². The molecule has 1 atom stereocenters. The van der Waals surface area contributed by atoms with Gasteiger partial charge in [0.05, 0.1) is 6.61 Å². The molecule has 2 heteroatoms. The molecule has 0 spiro atoms. The molecule has 1 aliphatic carbocycles. The number of fused-ring (bicyclic) bond motifs is 1. The van der Waals surface area contributed by atoms with Gasteiger partial charge in [-0.3, -0.25) is 0 Å². The van der Waals surface area contributed by atoms with Crippen LogP contribution in [-0.2, 0) is 6.42 Å². The van der Waals surface area contributed by atoms with Gasteiger partial charge in [-0.05, 0) is 24.9 Å². The van der Waals surface area contributed by atoms with Crippen molar-refractivity contribution in [2.75, 3.05) is 13.7 Å². The van der Waals surface area contributed by atoms with Crippen molar-refractivity contribution in [3.63, 3.8) is 0 Å². The van der Waals surface area contributed by atoms with Crippen LogP contribution in [-0.4, -0.2) is 13.7 Å². The SMILES string of the molecule is CNC(CC1CCCCC1)c1cccc2c1OCC2. The normalized spacial score (nSPS) is 20.9. The van der Waals surface area contributed by atoms with E-state index in [0.717, 1.165) is 24.7 Å². The third-order valence-corrected chi connectivity index (χ3v) is 4.76. The summed E-state index contributed by atoms with van der Waals surface area (Å²) >= 11 is 0. The monoisotopic (exact) mass is 259 g/mol. The summed E-state index contributed by atoms with van der Waals surface area (Å²) in [5.41, 5.74) is 2.77. The molecule has 1 aliphatic heterocycles. The highest BCUT2D eigenvalue weighted by Crippen LogP contribution is 2.38. The maximum absolute atomic E-state index is 5.86. The number of hydrogen-bond acceptors (Lipinski definition) is 2. The van der Waals surface area contributed by atoms with Gasteiger partial charge in [0.15, 0.2) is 0 Å². The maximum Gasteiger partial charge on any atom is 0.127 e. The molecule has 0 aromatic heterocycles. The number of rotatable bonds is 4. The smallest absolute Gasteiger partial charge is 0.127 e. The topological polar surface area (TPSA) is 21.3 Å². The van der Waals surface area contributed by atoms with Crippen LogP contribution in [0.2, 0.25) is 0 Å². The lowest BCUT2D eigenvalue weighted by Crippen LogP contribution is -2.21. The molecular formula is C17H25NO. The zero-order valence-electron chi connectivity index (χ0n) is 12.0. The minimum absolute atomic E-state index is 0.455. The van der Waals surface area contributed by atoms with Crippen LogP contribution < -0.4 is 10.1 Å². The van der Waals surface area contributed by atoms with E-state index in [0.29, 0.717) is 6.04 Å². The third-order valence-electron chi connectivity index (χ3n) is 4.76. The third kappa shape index (κ3) is 2.79. The molecule has 1 fully saturated rings. The predicted octanol–water partition coefficient (Wildman–Crippen LogP) is 3.85. The summed E-state index contributed by atoms with van der Waals surface area (Å²) in [6.07, 6.45) is 9.43. The summed E-state index contributed by atoms with van der Waals surface area (Å²) in [7, 11) is 2.09. The van der Waals surface area contributed by atoms with Gasteiger partial charge in [-0.25, -0.2) is 0 Å². The van der Waals surface area contributed by atoms with Crippen molar-refractivity contribution >= 4 is 0 Å². The van der Waals surface area contributed by atoms with Crippen LogP contribution in [0.5, 0.6) is 5.75 Å². The maximum atomic E-state index is 5.86. The molecule has 2 aliphatic rings. The van der Waals surface area contributed by atoms with E-state index < -0.39 is 0 Å². The van der Waals surface area contributed by atoms with E-state index in [1.165, 1.54) is 49.7 Å². The second kappa shape index (κ2) is 5.96. The highest BCUT2D eigenvalue weighted by Gasteiger charge is 2.24. The minimum atomic E-state index is 0.455. The van der Waals surface area contributed by atoms with Gasteiger partial charge in [0.1, 0.15) is 5.75 Å². The second-order valence-electron chi connectivity index (χ2n) is 6.01. The summed E-state index contributed by atoms with van der Waals surface area (Å²) in [5.74, 6) is 2.06. The van der Waals surface area contributed by atoms with E-state index in [-0.39, 0.29) is 0 Å². The lowest BCUT2D eigenvalue weighted by atomic mass is 9.83. The van der Waals surface area contributed by atoms with Gasteiger partial charge < -0.3 is 10.1 Å². The van der Waals surface area contributed by atoms with Gasteiger partial charge in [-0.2, -0.15) is 0 Å². The number of para-hydroxylation sites is 1. The fourth-order valence-electron chi connectivity index (χ4n) is 3.67. The van der Waals surface area contributed by atoms with Crippen molar-refractivity contribution in [1.29, 1.82) is 0 Å². The average Bonchev–Trinajstić information content (AvgIpc) is 2.94. The highest BCUT2D eigenvalue weighted by molar-refractivity contribution is 5.45. The summed E-state index contributed by atoms with van der Waals surface area (Å²) in [6, 6.07) is 7.10. The summed E-state index contributed by atoms with van der Waals surface area (Å²) < 4.78 is 5.86. The lowest BCUT2D eigenvalue weighted by Gasteiger charge is -2.27. The molecule has 1 aromatic rings. The van der Waals surface area contributed by atoms with E-state index in [2.05, 4.69) is 30.6 Å². The molecule has 1 saturated carbocycles. The first-order chi connectivity index (χ1) is 9.38. The Morgan fingerprint density at radius 2 is 2.11 bits per heavy atom. The molecule has 1 aromatic carbocycles. The molecule has 19 heavy (non-hydrogen) atoms.